The minimum Gasteiger partial charge on any atom is -0.328 e. The number of Topliss-reactive ketones (excluding diaryl/α,β-unsaturated/α-hetero) is 1. The minimum absolute atomic E-state index is 0.250. The van der Waals surface area contributed by atoms with Crippen LogP contribution in [-0.4, -0.2) is 15.3 Å². The summed E-state index contributed by atoms with van der Waals surface area (Å²) in [7, 11) is 0. The third-order valence-electron chi connectivity index (χ3n) is 4.66. The van der Waals surface area contributed by atoms with Gasteiger partial charge in [0, 0.05) is 12.5 Å². The van der Waals surface area contributed by atoms with Crippen LogP contribution in [0.4, 0.5) is 0 Å². The maximum atomic E-state index is 12.5. The Morgan fingerprint density at radius 1 is 1.35 bits per heavy atom. The highest BCUT2D eigenvalue weighted by atomic mass is 16.1. The van der Waals surface area contributed by atoms with Gasteiger partial charge in [-0.25, -0.2) is 4.98 Å². The predicted molar refractivity (Wildman–Crippen MR) is 80.6 cm³/mol. The number of nitrogens with zero attached hydrogens (tertiary/aromatic N) is 2. The fraction of sp³-hybridized carbons (Fsp3) is 0.529. The fourth-order valence-corrected chi connectivity index (χ4v) is 3.52. The zero-order chi connectivity index (χ0) is 14.1. The highest BCUT2D eigenvalue weighted by molar-refractivity contribution is 5.84. The van der Waals surface area contributed by atoms with Gasteiger partial charge in [0.15, 0.2) is 0 Å². The number of imidazole rings is 1. The molecule has 2 unspecified atom stereocenters. The number of hydrogen-bond donors (Lipinski definition) is 0. The van der Waals surface area contributed by atoms with E-state index in [0.29, 0.717) is 18.1 Å². The quantitative estimate of drug-likeness (QED) is 0.850. The number of hydrogen-bond acceptors (Lipinski definition) is 2. The third-order valence-corrected chi connectivity index (χ3v) is 4.66. The smallest absolute Gasteiger partial charge is 0.143 e. The zero-order valence-electron chi connectivity index (χ0n) is 12.3. The topological polar surface area (TPSA) is 34.9 Å². The molecule has 2 aromatic rings. The van der Waals surface area contributed by atoms with E-state index in [1.807, 2.05) is 18.2 Å². The first-order valence-corrected chi connectivity index (χ1v) is 7.67. The van der Waals surface area contributed by atoms with Crippen LogP contribution in [0.5, 0.6) is 0 Å². The molecular weight excluding hydrogens is 248 g/mol. The van der Waals surface area contributed by atoms with Crippen LogP contribution in [0.25, 0.3) is 11.0 Å². The first-order chi connectivity index (χ1) is 9.70. The minimum atomic E-state index is 0.250. The average molecular weight is 270 g/mol. The van der Waals surface area contributed by atoms with Gasteiger partial charge in [-0.2, -0.15) is 0 Å². The molecule has 1 aliphatic rings. The molecule has 1 aromatic carbocycles. The summed E-state index contributed by atoms with van der Waals surface area (Å²) >= 11 is 0. The van der Waals surface area contributed by atoms with Crippen molar-refractivity contribution < 1.29 is 4.79 Å². The number of carbonyl (C=O) groups excluding carboxylic acids is 1. The Balaban J connectivity index is 1.88. The molecule has 3 heteroatoms. The molecule has 2 atom stereocenters. The lowest BCUT2D eigenvalue weighted by Crippen LogP contribution is -2.21. The normalized spacial score (nSPS) is 22.5. The van der Waals surface area contributed by atoms with Gasteiger partial charge in [0.2, 0.25) is 0 Å². The van der Waals surface area contributed by atoms with Crippen molar-refractivity contribution in [2.24, 2.45) is 11.8 Å². The van der Waals surface area contributed by atoms with Crippen molar-refractivity contribution >= 4 is 16.8 Å². The molecule has 0 spiro atoms. The monoisotopic (exact) mass is 270 g/mol. The van der Waals surface area contributed by atoms with Crippen LogP contribution in [-0.2, 0) is 17.8 Å². The second kappa shape index (κ2) is 5.39. The van der Waals surface area contributed by atoms with E-state index in [9.17, 15) is 4.79 Å². The van der Waals surface area contributed by atoms with Crippen LogP contribution in [0.1, 0.15) is 38.9 Å². The number of aromatic nitrogens is 2. The number of rotatable bonds is 4. The van der Waals surface area contributed by atoms with Crippen LogP contribution in [0, 0.1) is 11.8 Å². The molecule has 106 valence electrons. The van der Waals surface area contributed by atoms with Crippen molar-refractivity contribution in [2.75, 3.05) is 0 Å². The first kappa shape index (κ1) is 13.3. The molecule has 1 fully saturated rings. The lowest BCUT2D eigenvalue weighted by atomic mass is 9.92. The molecule has 0 bridgehead atoms. The molecule has 1 aliphatic carbocycles. The molecule has 20 heavy (non-hydrogen) atoms. The van der Waals surface area contributed by atoms with E-state index in [1.165, 1.54) is 12.8 Å². The maximum Gasteiger partial charge on any atom is 0.143 e. The van der Waals surface area contributed by atoms with Crippen LogP contribution >= 0.6 is 0 Å². The van der Waals surface area contributed by atoms with Gasteiger partial charge in [0.1, 0.15) is 11.6 Å². The number of ketones is 1. The average Bonchev–Trinajstić information content (AvgIpc) is 3.01. The molecule has 3 nitrogen and oxygen atoms in total. The van der Waals surface area contributed by atoms with Gasteiger partial charge in [0.05, 0.1) is 17.5 Å². The van der Waals surface area contributed by atoms with E-state index in [4.69, 9.17) is 0 Å². The molecule has 1 heterocycles. The molecule has 0 amide bonds. The van der Waals surface area contributed by atoms with Gasteiger partial charge in [0.25, 0.3) is 0 Å². The van der Waals surface area contributed by atoms with Crippen LogP contribution in [0.2, 0.25) is 0 Å². The number of carbonyl (C=O) groups is 1. The van der Waals surface area contributed by atoms with Crippen molar-refractivity contribution in [3.63, 3.8) is 0 Å². The highest BCUT2D eigenvalue weighted by Gasteiger charge is 2.30. The fourth-order valence-electron chi connectivity index (χ4n) is 3.52. The first-order valence-electron chi connectivity index (χ1n) is 7.67. The standard InChI is InChI=1S/C17H22N2O/c1-3-19-15-10-5-4-9-14(15)18-17(19)11-16(20)13-8-6-7-12(13)2/h4-5,9-10,12-13H,3,6-8,11H2,1-2H3. The SMILES string of the molecule is CCn1c(CC(=O)C2CCCC2C)nc2ccccc21. The Morgan fingerprint density at radius 2 is 2.15 bits per heavy atom. The highest BCUT2D eigenvalue weighted by Crippen LogP contribution is 2.32. The van der Waals surface area contributed by atoms with Crippen molar-refractivity contribution in [1.82, 2.24) is 9.55 Å². The maximum absolute atomic E-state index is 12.5. The molecule has 0 radical (unpaired) electrons. The lowest BCUT2D eigenvalue weighted by Gasteiger charge is -2.14. The Kier molecular flexibility index (Phi) is 3.60. The zero-order valence-corrected chi connectivity index (χ0v) is 12.3. The summed E-state index contributed by atoms with van der Waals surface area (Å²) in [5.74, 6) is 2.10. The van der Waals surface area contributed by atoms with E-state index in [2.05, 4.69) is 29.5 Å². The van der Waals surface area contributed by atoms with E-state index < -0.39 is 0 Å². The van der Waals surface area contributed by atoms with Crippen LogP contribution in [0.3, 0.4) is 0 Å². The number of aryl methyl sites for hydroxylation is 1. The molecular formula is C17H22N2O. The number of benzene rings is 1. The van der Waals surface area contributed by atoms with Crippen molar-refractivity contribution in [3.8, 4) is 0 Å². The summed E-state index contributed by atoms with van der Waals surface area (Å²) in [6.07, 6.45) is 3.94. The van der Waals surface area contributed by atoms with Gasteiger partial charge < -0.3 is 4.57 Å². The Hall–Kier alpha value is -1.64. The Bertz CT molecular complexity index is 629. The largest absolute Gasteiger partial charge is 0.328 e. The summed E-state index contributed by atoms with van der Waals surface area (Å²) in [5.41, 5.74) is 2.13. The summed E-state index contributed by atoms with van der Waals surface area (Å²) in [5, 5.41) is 0. The molecule has 0 saturated heterocycles. The lowest BCUT2D eigenvalue weighted by molar-refractivity contribution is -0.123. The second-order valence-electron chi connectivity index (χ2n) is 5.92. The summed E-state index contributed by atoms with van der Waals surface area (Å²) in [4.78, 5) is 17.2. The Morgan fingerprint density at radius 3 is 2.85 bits per heavy atom. The summed E-state index contributed by atoms with van der Waals surface area (Å²) in [6, 6.07) is 8.13. The predicted octanol–water partition coefficient (Wildman–Crippen LogP) is 3.60. The van der Waals surface area contributed by atoms with Gasteiger partial charge in [-0.05, 0) is 37.8 Å². The number of fused-ring (bicyclic) bond motifs is 1. The van der Waals surface area contributed by atoms with Gasteiger partial charge >= 0.3 is 0 Å². The van der Waals surface area contributed by atoms with E-state index in [-0.39, 0.29) is 5.92 Å². The van der Waals surface area contributed by atoms with E-state index in [0.717, 1.165) is 29.8 Å². The third kappa shape index (κ3) is 2.26. The van der Waals surface area contributed by atoms with E-state index >= 15 is 0 Å². The second-order valence-corrected chi connectivity index (χ2v) is 5.92. The van der Waals surface area contributed by atoms with Crippen molar-refractivity contribution in [2.45, 2.75) is 46.1 Å². The van der Waals surface area contributed by atoms with Crippen LogP contribution in [0.15, 0.2) is 24.3 Å². The summed E-state index contributed by atoms with van der Waals surface area (Å²) in [6.45, 7) is 5.18. The van der Waals surface area contributed by atoms with Crippen molar-refractivity contribution in [3.05, 3.63) is 30.1 Å². The Labute approximate surface area is 120 Å². The molecule has 0 N–H and O–H groups in total. The van der Waals surface area contributed by atoms with E-state index in [1.54, 1.807) is 0 Å². The summed E-state index contributed by atoms with van der Waals surface area (Å²) < 4.78 is 2.17. The van der Waals surface area contributed by atoms with Gasteiger partial charge in [-0.3, -0.25) is 4.79 Å². The number of para-hydroxylation sites is 2. The molecule has 1 saturated carbocycles. The molecule has 1 aromatic heterocycles. The van der Waals surface area contributed by atoms with Crippen molar-refractivity contribution in [1.29, 1.82) is 0 Å². The molecule has 0 aliphatic heterocycles. The van der Waals surface area contributed by atoms with Crippen LogP contribution < -0.4 is 0 Å². The van der Waals surface area contributed by atoms with Gasteiger partial charge in [-0.15, -0.1) is 0 Å². The van der Waals surface area contributed by atoms with Gasteiger partial charge in [-0.1, -0.05) is 25.5 Å². The molecule has 3 rings (SSSR count).